The quantitative estimate of drug-likeness (QED) is 0.105. The summed E-state index contributed by atoms with van der Waals surface area (Å²) in [7, 11) is 2.41. The minimum absolute atomic E-state index is 0.229. The highest BCUT2D eigenvalue weighted by atomic mass is 33.1. The minimum atomic E-state index is -1.32. The van der Waals surface area contributed by atoms with E-state index in [0.29, 0.717) is 0 Å². The average Bonchev–Trinajstić information content (AvgIpc) is 2.59. The van der Waals surface area contributed by atoms with Gasteiger partial charge in [0, 0.05) is 11.5 Å². The molecular weight excluding hydrogens is 412 g/mol. The Morgan fingerprint density at radius 2 is 1.38 bits per heavy atom. The zero-order valence-corrected chi connectivity index (χ0v) is 16.0. The standard InChI is InChI=1S/C6H12N2O4S2.C6H12O5S/c7-3(5(9)10)1-13-14-2-4(8)6(11)12;7-1-2-3(8)4(9)5(10)6(12)11-2/h3-4H,1-2,7-8H2,(H,9,10)(H,11,12);2-10,12H,1H2/t;2-,3-,4+,5-,6?/m.1/s1. The Morgan fingerprint density at radius 3 is 1.73 bits per heavy atom. The van der Waals surface area contributed by atoms with Gasteiger partial charge in [0.05, 0.1) is 6.61 Å². The lowest BCUT2D eigenvalue weighted by Crippen LogP contribution is -2.56. The molecule has 26 heavy (non-hydrogen) atoms. The Hall–Kier alpha value is -0.290. The van der Waals surface area contributed by atoms with Crippen molar-refractivity contribution in [1.82, 2.24) is 0 Å². The molecule has 1 rings (SSSR count). The first kappa shape index (κ1) is 25.7. The van der Waals surface area contributed by atoms with E-state index in [2.05, 4.69) is 12.6 Å². The lowest BCUT2D eigenvalue weighted by atomic mass is 10.0. The number of aliphatic hydroxyl groups excluding tert-OH is 4. The third kappa shape index (κ3) is 9.07. The van der Waals surface area contributed by atoms with Crippen molar-refractivity contribution in [3.8, 4) is 0 Å². The largest absolute Gasteiger partial charge is 0.480 e. The predicted molar refractivity (Wildman–Crippen MR) is 98.9 cm³/mol. The summed E-state index contributed by atoms with van der Waals surface area (Å²) in [5.74, 6) is -1.68. The number of carboxylic acids is 2. The molecule has 0 aromatic rings. The van der Waals surface area contributed by atoms with Crippen LogP contribution in [0, 0.1) is 0 Å². The number of aliphatic hydroxyl groups is 4. The molecular formula is C12H24N2O9S3. The van der Waals surface area contributed by atoms with Gasteiger partial charge in [-0.1, -0.05) is 21.6 Å². The van der Waals surface area contributed by atoms with E-state index in [1.165, 1.54) is 21.6 Å². The molecule has 1 aliphatic heterocycles. The van der Waals surface area contributed by atoms with Crippen LogP contribution in [0.2, 0.25) is 0 Å². The Balaban J connectivity index is 0.000000485. The van der Waals surface area contributed by atoms with E-state index >= 15 is 0 Å². The molecule has 0 aliphatic carbocycles. The van der Waals surface area contributed by atoms with Crippen molar-refractivity contribution in [1.29, 1.82) is 0 Å². The van der Waals surface area contributed by atoms with Crippen LogP contribution in [-0.2, 0) is 14.3 Å². The van der Waals surface area contributed by atoms with E-state index < -0.39 is 60.5 Å². The van der Waals surface area contributed by atoms with Crippen molar-refractivity contribution in [3.63, 3.8) is 0 Å². The van der Waals surface area contributed by atoms with Crippen LogP contribution in [0.15, 0.2) is 0 Å². The van der Waals surface area contributed by atoms with Gasteiger partial charge in [0.2, 0.25) is 0 Å². The Labute approximate surface area is 162 Å². The number of carbonyl (C=O) groups is 2. The fourth-order valence-electron chi connectivity index (χ4n) is 1.47. The second kappa shape index (κ2) is 13.0. The molecule has 0 bridgehead atoms. The second-order valence-electron chi connectivity index (χ2n) is 5.18. The molecule has 1 saturated heterocycles. The summed E-state index contributed by atoms with van der Waals surface area (Å²) >= 11 is 3.81. The third-order valence-electron chi connectivity index (χ3n) is 3.08. The van der Waals surface area contributed by atoms with Crippen molar-refractivity contribution in [2.24, 2.45) is 11.5 Å². The number of ether oxygens (including phenoxy) is 1. The van der Waals surface area contributed by atoms with Crippen LogP contribution < -0.4 is 11.5 Å². The van der Waals surface area contributed by atoms with Gasteiger partial charge in [-0.05, 0) is 0 Å². The zero-order valence-electron chi connectivity index (χ0n) is 13.5. The molecule has 0 amide bonds. The Bertz CT molecular complexity index is 421. The highest BCUT2D eigenvalue weighted by Crippen LogP contribution is 2.23. The Kier molecular flexibility index (Phi) is 12.8. The molecule has 1 heterocycles. The fourth-order valence-corrected chi connectivity index (χ4v) is 4.03. The number of rotatable bonds is 8. The van der Waals surface area contributed by atoms with Gasteiger partial charge in [-0.2, -0.15) is 0 Å². The van der Waals surface area contributed by atoms with Crippen molar-refractivity contribution in [2.45, 2.75) is 41.9 Å². The molecule has 0 spiro atoms. The van der Waals surface area contributed by atoms with Gasteiger partial charge in [-0.15, -0.1) is 12.6 Å². The molecule has 0 saturated carbocycles. The summed E-state index contributed by atoms with van der Waals surface area (Å²) in [5.41, 5.74) is 9.55. The Morgan fingerprint density at radius 1 is 0.962 bits per heavy atom. The summed E-state index contributed by atoms with van der Waals surface area (Å²) in [4.78, 5) is 20.5. The maximum absolute atomic E-state index is 10.3. The summed E-state index contributed by atoms with van der Waals surface area (Å²) in [6.45, 7) is -0.415. The first-order chi connectivity index (χ1) is 12.0. The number of hydrogen-bond acceptors (Lipinski definition) is 12. The lowest BCUT2D eigenvalue weighted by Gasteiger charge is -2.37. The van der Waals surface area contributed by atoms with Crippen LogP contribution in [0.4, 0.5) is 0 Å². The van der Waals surface area contributed by atoms with Crippen molar-refractivity contribution >= 4 is 46.2 Å². The first-order valence-electron chi connectivity index (χ1n) is 7.22. The molecule has 154 valence electrons. The summed E-state index contributed by atoms with van der Waals surface area (Å²) in [5, 5.41) is 53.0. The van der Waals surface area contributed by atoms with Crippen LogP contribution in [0.1, 0.15) is 0 Å². The van der Waals surface area contributed by atoms with Gasteiger partial charge in [-0.25, -0.2) is 0 Å². The van der Waals surface area contributed by atoms with Gasteiger partial charge in [0.25, 0.3) is 0 Å². The topological polar surface area (TPSA) is 217 Å². The molecule has 7 atom stereocenters. The number of thiol groups is 1. The van der Waals surface area contributed by atoms with Gasteiger partial charge in [0.1, 0.15) is 41.9 Å². The van der Waals surface area contributed by atoms with Crippen LogP contribution >= 0.6 is 34.2 Å². The molecule has 1 fully saturated rings. The van der Waals surface area contributed by atoms with Gasteiger partial charge >= 0.3 is 11.9 Å². The first-order valence-corrected chi connectivity index (χ1v) is 10.2. The zero-order chi connectivity index (χ0) is 20.4. The van der Waals surface area contributed by atoms with Crippen molar-refractivity contribution in [3.05, 3.63) is 0 Å². The van der Waals surface area contributed by atoms with Crippen LogP contribution in [0.5, 0.6) is 0 Å². The van der Waals surface area contributed by atoms with Crippen LogP contribution in [-0.4, -0.2) is 103 Å². The van der Waals surface area contributed by atoms with E-state index in [9.17, 15) is 19.8 Å². The predicted octanol–water partition coefficient (Wildman–Crippen LogP) is -3.09. The van der Waals surface area contributed by atoms with Gasteiger partial charge in [0.15, 0.2) is 0 Å². The molecule has 0 aromatic heterocycles. The number of hydrogen-bond donors (Lipinski definition) is 9. The normalized spacial score (nSPS) is 30.7. The molecule has 3 unspecified atom stereocenters. The molecule has 0 aromatic carbocycles. The third-order valence-corrected chi connectivity index (χ3v) is 5.98. The number of carboxylic acid groups (broad SMARTS) is 2. The van der Waals surface area contributed by atoms with E-state index in [-0.39, 0.29) is 11.5 Å². The lowest BCUT2D eigenvalue weighted by molar-refractivity contribution is -0.205. The number of nitrogens with two attached hydrogens (primary N) is 2. The number of aliphatic carboxylic acids is 2. The smallest absolute Gasteiger partial charge is 0.321 e. The highest BCUT2D eigenvalue weighted by molar-refractivity contribution is 8.76. The van der Waals surface area contributed by atoms with E-state index in [0.717, 1.165) is 0 Å². The minimum Gasteiger partial charge on any atom is -0.480 e. The van der Waals surface area contributed by atoms with Crippen LogP contribution in [0.3, 0.4) is 0 Å². The van der Waals surface area contributed by atoms with Gasteiger partial charge < -0.3 is 46.8 Å². The molecule has 1 aliphatic rings. The van der Waals surface area contributed by atoms with Crippen LogP contribution in [0.25, 0.3) is 0 Å². The molecule has 10 N–H and O–H groups in total. The SMILES string of the molecule is NC(CSSCC(N)C(=O)O)C(=O)O.OC[C@H]1OC(S)[C@H](O)[C@@H](O)[C@@H]1O. The second-order valence-corrected chi connectivity index (χ2v) is 8.24. The average molecular weight is 437 g/mol. The molecule has 0 radical (unpaired) electrons. The maximum atomic E-state index is 10.3. The van der Waals surface area contributed by atoms with Gasteiger partial charge in [-0.3, -0.25) is 9.59 Å². The van der Waals surface area contributed by atoms with E-state index in [1.54, 1.807) is 0 Å². The van der Waals surface area contributed by atoms with Crippen molar-refractivity contribution < 1.29 is 45.0 Å². The fraction of sp³-hybridized carbons (Fsp3) is 0.833. The summed E-state index contributed by atoms with van der Waals surface area (Å²) in [6.07, 6.45) is -4.70. The van der Waals surface area contributed by atoms with E-state index in [4.69, 9.17) is 36.6 Å². The maximum Gasteiger partial charge on any atom is 0.321 e. The highest BCUT2D eigenvalue weighted by Gasteiger charge is 2.41. The summed E-state index contributed by atoms with van der Waals surface area (Å²) < 4.78 is 4.88. The monoisotopic (exact) mass is 436 g/mol. The van der Waals surface area contributed by atoms with E-state index in [1.807, 2.05) is 0 Å². The summed E-state index contributed by atoms with van der Waals surface area (Å²) in [6, 6.07) is -1.85. The molecule has 11 nitrogen and oxygen atoms in total. The molecule has 14 heteroatoms. The van der Waals surface area contributed by atoms with Crippen molar-refractivity contribution in [2.75, 3.05) is 18.1 Å².